The van der Waals surface area contributed by atoms with Crippen molar-refractivity contribution in [3.05, 3.63) is 66.1 Å². The van der Waals surface area contributed by atoms with E-state index in [0.29, 0.717) is 17.9 Å². The number of halogens is 2. The Hall–Kier alpha value is -2.28. The maximum atomic E-state index is 12.5. The van der Waals surface area contributed by atoms with Gasteiger partial charge in [0.05, 0.1) is 5.69 Å². The molecule has 2 N–H and O–H groups in total. The van der Waals surface area contributed by atoms with Crippen LogP contribution in [0.15, 0.2) is 54.9 Å². The van der Waals surface area contributed by atoms with E-state index in [1.807, 2.05) is 53.2 Å². The standard InChI is InChI=1S/C20H22N4O2.2ClH/c25-20(23-16-7-9-21-10-8-16)15-4-3-5-18(12-15)26-14-17-13-24-11-2-1-6-19(24)22-17;;/h1-6,11-13,16,21H,7-10,14H2,(H,23,25);2*1H. The highest BCUT2D eigenvalue weighted by molar-refractivity contribution is 5.94. The minimum absolute atomic E-state index is 0. The van der Waals surface area contributed by atoms with E-state index >= 15 is 0 Å². The summed E-state index contributed by atoms with van der Waals surface area (Å²) in [5.74, 6) is 0.620. The number of benzene rings is 1. The molecule has 28 heavy (non-hydrogen) atoms. The minimum atomic E-state index is -0.0462. The minimum Gasteiger partial charge on any atom is -0.487 e. The number of fused-ring (bicyclic) bond motifs is 1. The van der Waals surface area contributed by atoms with Gasteiger partial charge in [-0.15, -0.1) is 24.8 Å². The molecule has 0 aliphatic carbocycles. The number of carbonyl (C=O) groups excluding carboxylic acids is 1. The predicted molar refractivity (Wildman–Crippen MR) is 114 cm³/mol. The van der Waals surface area contributed by atoms with E-state index in [0.717, 1.165) is 37.3 Å². The SMILES string of the molecule is Cl.Cl.O=C(NC1CCNCC1)c1cccc(OCc2cn3ccccc3n2)c1. The third kappa shape index (κ3) is 5.38. The second-order valence-corrected chi connectivity index (χ2v) is 6.51. The number of imidazole rings is 1. The second-order valence-electron chi connectivity index (χ2n) is 6.51. The van der Waals surface area contributed by atoms with Crippen LogP contribution < -0.4 is 15.4 Å². The molecule has 0 saturated carbocycles. The fourth-order valence-electron chi connectivity index (χ4n) is 3.18. The lowest BCUT2D eigenvalue weighted by Crippen LogP contribution is -2.42. The summed E-state index contributed by atoms with van der Waals surface area (Å²) in [4.78, 5) is 17.0. The number of nitrogens with zero attached hydrogens (tertiary/aromatic N) is 2. The molecule has 1 fully saturated rings. The molecule has 0 atom stereocenters. The van der Waals surface area contributed by atoms with Gasteiger partial charge in [-0.05, 0) is 56.3 Å². The summed E-state index contributed by atoms with van der Waals surface area (Å²) >= 11 is 0. The normalized spacial score (nSPS) is 14.0. The molecule has 0 spiro atoms. The highest BCUT2D eigenvalue weighted by Gasteiger charge is 2.16. The Kier molecular flexibility index (Phi) is 8.11. The fraction of sp³-hybridized carbons (Fsp3) is 0.300. The summed E-state index contributed by atoms with van der Waals surface area (Å²) in [5, 5.41) is 6.40. The van der Waals surface area contributed by atoms with Crippen molar-refractivity contribution < 1.29 is 9.53 Å². The zero-order chi connectivity index (χ0) is 17.8. The topological polar surface area (TPSA) is 67.7 Å². The van der Waals surface area contributed by atoms with E-state index in [-0.39, 0.29) is 36.8 Å². The van der Waals surface area contributed by atoms with Crippen molar-refractivity contribution in [1.29, 1.82) is 0 Å². The summed E-state index contributed by atoms with van der Waals surface area (Å²) in [7, 11) is 0. The smallest absolute Gasteiger partial charge is 0.251 e. The van der Waals surface area contributed by atoms with Gasteiger partial charge in [0.2, 0.25) is 0 Å². The van der Waals surface area contributed by atoms with Gasteiger partial charge in [0.25, 0.3) is 5.91 Å². The van der Waals surface area contributed by atoms with Crippen LogP contribution in [0.2, 0.25) is 0 Å². The third-order valence-corrected chi connectivity index (χ3v) is 4.57. The van der Waals surface area contributed by atoms with Crippen molar-refractivity contribution in [3.63, 3.8) is 0 Å². The quantitative estimate of drug-likeness (QED) is 0.661. The first-order valence-corrected chi connectivity index (χ1v) is 8.95. The average Bonchev–Trinajstić information content (AvgIpc) is 3.10. The summed E-state index contributed by atoms with van der Waals surface area (Å²) in [6, 6.07) is 13.4. The molecular formula is C20H24Cl2N4O2. The largest absolute Gasteiger partial charge is 0.487 e. The van der Waals surface area contributed by atoms with Gasteiger partial charge in [0.15, 0.2) is 0 Å². The van der Waals surface area contributed by atoms with Crippen molar-refractivity contribution >= 4 is 36.4 Å². The molecular weight excluding hydrogens is 399 g/mol. The van der Waals surface area contributed by atoms with Crippen LogP contribution in [0.4, 0.5) is 0 Å². The van der Waals surface area contributed by atoms with Gasteiger partial charge in [0, 0.05) is 24.0 Å². The van der Waals surface area contributed by atoms with Gasteiger partial charge in [-0.1, -0.05) is 12.1 Å². The Labute approximate surface area is 176 Å². The zero-order valence-corrected chi connectivity index (χ0v) is 17.0. The lowest BCUT2D eigenvalue weighted by molar-refractivity contribution is 0.0929. The van der Waals surface area contributed by atoms with Crippen LogP contribution in [-0.4, -0.2) is 34.4 Å². The first-order chi connectivity index (χ1) is 12.8. The monoisotopic (exact) mass is 422 g/mol. The molecule has 1 amide bonds. The zero-order valence-electron chi connectivity index (χ0n) is 15.3. The van der Waals surface area contributed by atoms with E-state index in [1.165, 1.54) is 0 Å². The van der Waals surface area contributed by atoms with Crippen LogP contribution in [0.5, 0.6) is 5.75 Å². The number of hydrogen-bond donors (Lipinski definition) is 2. The molecule has 1 aromatic carbocycles. The Bertz CT molecular complexity index is 877. The number of pyridine rings is 1. The van der Waals surface area contributed by atoms with Gasteiger partial charge < -0.3 is 19.8 Å². The molecule has 2 aromatic heterocycles. The van der Waals surface area contributed by atoms with E-state index in [2.05, 4.69) is 15.6 Å². The highest BCUT2D eigenvalue weighted by atomic mass is 35.5. The fourth-order valence-corrected chi connectivity index (χ4v) is 3.18. The highest BCUT2D eigenvalue weighted by Crippen LogP contribution is 2.16. The molecule has 1 saturated heterocycles. The molecule has 0 bridgehead atoms. The van der Waals surface area contributed by atoms with Crippen LogP contribution in [0.3, 0.4) is 0 Å². The van der Waals surface area contributed by atoms with Crippen molar-refractivity contribution in [2.45, 2.75) is 25.5 Å². The molecule has 1 aliphatic heterocycles. The van der Waals surface area contributed by atoms with E-state index in [1.54, 1.807) is 6.07 Å². The lowest BCUT2D eigenvalue weighted by Gasteiger charge is -2.23. The average molecular weight is 423 g/mol. The van der Waals surface area contributed by atoms with Gasteiger partial charge in [-0.25, -0.2) is 4.98 Å². The van der Waals surface area contributed by atoms with Gasteiger partial charge >= 0.3 is 0 Å². The number of rotatable bonds is 5. The Morgan fingerprint density at radius 1 is 1.18 bits per heavy atom. The molecule has 150 valence electrons. The molecule has 3 aromatic rings. The number of aromatic nitrogens is 2. The summed E-state index contributed by atoms with van der Waals surface area (Å²) in [5.41, 5.74) is 2.36. The van der Waals surface area contributed by atoms with E-state index in [4.69, 9.17) is 4.74 Å². The first-order valence-electron chi connectivity index (χ1n) is 8.95. The second kappa shape index (κ2) is 10.3. The number of ether oxygens (including phenoxy) is 1. The van der Waals surface area contributed by atoms with Crippen LogP contribution in [0.1, 0.15) is 28.9 Å². The molecule has 3 heterocycles. The maximum absolute atomic E-state index is 12.5. The molecule has 1 aliphatic rings. The Balaban J connectivity index is 0.00000140. The van der Waals surface area contributed by atoms with Crippen LogP contribution >= 0.6 is 24.8 Å². The number of amides is 1. The van der Waals surface area contributed by atoms with E-state index < -0.39 is 0 Å². The number of nitrogens with one attached hydrogen (secondary N) is 2. The number of piperidine rings is 1. The summed E-state index contributed by atoms with van der Waals surface area (Å²) in [6.45, 7) is 2.27. The summed E-state index contributed by atoms with van der Waals surface area (Å²) in [6.07, 6.45) is 5.84. The maximum Gasteiger partial charge on any atom is 0.251 e. The third-order valence-electron chi connectivity index (χ3n) is 4.57. The predicted octanol–water partition coefficient (Wildman–Crippen LogP) is 3.24. The molecule has 8 heteroatoms. The van der Waals surface area contributed by atoms with Crippen LogP contribution in [0.25, 0.3) is 5.65 Å². The van der Waals surface area contributed by atoms with Crippen molar-refractivity contribution in [1.82, 2.24) is 20.0 Å². The first kappa shape index (κ1) is 22.0. The molecule has 6 nitrogen and oxygen atoms in total. The number of carbonyl (C=O) groups is 1. The van der Waals surface area contributed by atoms with Crippen LogP contribution in [-0.2, 0) is 6.61 Å². The molecule has 0 unspecified atom stereocenters. The number of hydrogen-bond acceptors (Lipinski definition) is 4. The van der Waals surface area contributed by atoms with Crippen LogP contribution in [0, 0.1) is 0 Å². The molecule has 4 rings (SSSR count). The van der Waals surface area contributed by atoms with Crippen molar-refractivity contribution in [2.75, 3.05) is 13.1 Å². The van der Waals surface area contributed by atoms with Crippen molar-refractivity contribution in [2.24, 2.45) is 0 Å². The summed E-state index contributed by atoms with van der Waals surface area (Å²) < 4.78 is 7.80. The Morgan fingerprint density at radius 2 is 2.00 bits per heavy atom. The van der Waals surface area contributed by atoms with Gasteiger partial charge in [-0.2, -0.15) is 0 Å². The van der Waals surface area contributed by atoms with Crippen molar-refractivity contribution in [3.8, 4) is 5.75 Å². The van der Waals surface area contributed by atoms with E-state index in [9.17, 15) is 4.79 Å². The lowest BCUT2D eigenvalue weighted by atomic mass is 10.1. The Morgan fingerprint density at radius 3 is 2.79 bits per heavy atom. The molecule has 0 radical (unpaired) electrons. The van der Waals surface area contributed by atoms with Gasteiger partial charge in [-0.3, -0.25) is 4.79 Å². The van der Waals surface area contributed by atoms with Gasteiger partial charge in [0.1, 0.15) is 18.0 Å².